The third kappa shape index (κ3) is 3.12. The number of carbonyl (C=O) groups excluding carboxylic acids is 1. The molecule has 1 amide bonds. The standard InChI is InChI=1S/C16H19NO5/c1-10-5-4-6-12-11(2)15(22-14(10)12)16(20)17(7-8-21-3)9-13(18)19/h4-6H,7-9H2,1-3H3,(H,18,19). The van der Waals surface area contributed by atoms with E-state index in [1.807, 2.05) is 25.1 Å². The Balaban J connectivity index is 2.39. The summed E-state index contributed by atoms with van der Waals surface area (Å²) < 4.78 is 10.6. The summed E-state index contributed by atoms with van der Waals surface area (Å²) in [4.78, 5) is 24.8. The number of hydrogen-bond donors (Lipinski definition) is 1. The fourth-order valence-corrected chi connectivity index (χ4v) is 2.35. The van der Waals surface area contributed by atoms with Crippen LogP contribution in [-0.2, 0) is 9.53 Å². The second kappa shape index (κ2) is 6.62. The average Bonchev–Trinajstić information content (AvgIpc) is 2.81. The Hall–Kier alpha value is -2.34. The number of aryl methyl sites for hydroxylation is 2. The summed E-state index contributed by atoms with van der Waals surface area (Å²) in [5.74, 6) is -1.33. The van der Waals surface area contributed by atoms with Gasteiger partial charge in [0, 0.05) is 24.6 Å². The van der Waals surface area contributed by atoms with Crippen LogP contribution >= 0.6 is 0 Å². The van der Waals surface area contributed by atoms with Crippen molar-refractivity contribution in [2.24, 2.45) is 0 Å². The SMILES string of the molecule is COCCN(CC(=O)O)C(=O)c1oc2c(C)cccc2c1C. The number of fused-ring (bicyclic) bond motifs is 1. The number of furan rings is 1. The van der Waals surface area contributed by atoms with Gasteiger partial charge < -0.3 is 19.2 Å². The highest BCUT2D eigenvalue weighted by molar-refractivity contribution is 6.00. The smallest absolute Gasteiger partial charge is 0.323 e. The topological polar surface area (TPSA) is 80.0 Å². The first-order valence-electron chi connectivity index (χ1n) is 6.94. The molecule has 22 heavy (non-hydrogen) atoms. The fraction of sp³-hybridized carbons (Fsp3) is 0.375. The lowest BCUT2D eigenvalue weighted by molar-refractivity contribution is -0.137. The number of carbonyl (C=O) groups is 2. The molecule has 0 saturated heterocycles. The molecule has 6 nitrogen and oxygen atoms in total. The van der Waals surface area contributed by atoms with Crippen LogP contribution in [0.15, 0.2) is 22.6 Å². The zero-order valence-electron chi connectivity index (χ0n) is 12.9. The number of carboxylic acids is 1. The van der Waals surface area contributed by atoms with Gasteiger partial charge in [0.1, 0.15) is 12.1 Å². The van der Waals surface area contributed by atoms with Crippen molar-refractivity contribution in [3.63, 3.8) is 0 Å². The normalized spacial score (nSPS) is 10.9. The van der Waals surface area contributed by atoms with E-state index in [2.05, 4.69) is 0 Å². The molecule has 1 N–H and O–H groups in total. The van der Waals surface area contributed by atoms with Crippen LogP contribution in [-0.4, -0.2) is 48.7 Å². The van der Waals surface area contributed by atoms with E-state index in [1.165, 1.54) is 12.0 Å². The molecule has 118 valence electrons. The van der Waals surface area contributed by atoms with Crippen LogP contribution < -0.4 is 0 Å². The molecule has 0 unspecified atom stereocenters. The summed E-state index contributed by atoms with van der Waals surface area (Å²) in [6, 6.07) is 5.68. The van der Waals surface area contributed by atoms with Gasteiger partial charge in [-0.3, -0.25) is 9.59 Å². The van der Waals surface area contributed by atoms with Crippen LogP contribution in [0.25, 0.3) is 11.0 Å². The molecule has 0 fully saturated rings. The Morgan fingerprint density at radius 2 is 2.05 bits per heavy atom. The van der Waals surface area contributed by atoms with Crippen LogP contribution in [0.2, 0.25) is 0 Å². The Morgan fingerprint density at radius 1 is 1.32 bits per heavy atom. The molecule has 1 heterocycles. The fourth-order valence-electron chi connectivity index (χ4n) is 2.35. The molecule has 2 aromatic rings. The van der Waals surface area contributed by atoms with Crippen molar-refractivity contribution in [2.45, 2.75) is 13.8 Å². The van der Waals surface area contributed by atoms with E-state index in [0.29, 0.717) is 5.58 Å². The first-order chi connectivity index (χ1) is 10.5. The summed E-state index contributed by atoms with van der Waals surface area (Å²) in [5, 5.41) is 9.83. The zero-order valence-corrected chi connectivity index (χ0v) is 12.9. The Bertz CT molecular complexity index is 704. The molecule has 1 aromatic carbocycles. The highest BCUT2D eigenvalue weighted by Crippen LogP contribution is 2.28. The lowest BCUT2D eigenvalue weighted by Crippen LogP contribution is -2.38. The second-order valence-electron chi connectivity index (χ2n) is 5.12. The second-order valence-corrected chi connectivity index (χ2v) is 5.12. The summed E-state index contributed by atoms with van der Waals surface area (Å²) in [7, 11) is 1.50. The minimum Gasteiger partial charge on any atom is -0.480 e. The Labute approximate surface area is 128 Å². The van der Waals surface area contributed by atoms with Crippen molar-refractivity contribution in [3.8, 4) is 0 Å². The van der Waals surface area contributed by atoms with Gasteiger partial charge in [0.2, 0.25) is 0 Å². The van der Waals surface area contributed by atoms with Gasteiger partial charge in [0.15, 0.2) is 5.76 Å². The first kappa shape index (κ1) is 16.0. The lowest BCUT2D eigenvalue weighted by atomic mass is 10.1. The third-order valence-corrected chi connectivity index (χ3v) is 3.53. The summed E-state index contributed by atoms with van der Waals surface area (Å²) in [6.07, 6.45) is 0. The van der Waals surface area contributed by atoms with Crippen LogP contribution in [0.4, 0.5) is 0 Å². The van der Waals surface area contributed by atoms with Gasteiger partial charge in [-0.2, -0.15) is 0 Å². The maximum atomic E-state index is 12.6. The van der Waals surface area contributed by atoms with Crippen molar-refractivity contribution in [3.05, 3.63) is 35.1 Å². The predicted octanol–water partition coefficient (Wildman–Crippen LogP) is 2.22. The number of aliphatic carboxylic acids is 1. The molecule has 6 heteroatoms. The van der Waals surface area contributed by atoms with E-state index in [9.17, 15) is 9.59 Å². The lowest BCUT2D eigenvalue weighted by Gasteiger charge is -2.19. The molecule has 1 aromatic heterocycles. The van der Waals surface area contributed by atoms with Crippen LogP contribution in [0.5, 0.6) is 0 Å². The number of rotatable bonds is 6. The van der Waals surface area contributed by atoms with E-state index >= 15 is 0 Å². The predicted molar refractivity (Wildman–Crippen MR) is 81.1 cm³/mol. The molecule has 0 aliphatic heterocycles. The first-order valence-corrected chi connectivity index (χ1v) is 6.94. The van der Waals surface area contributed by atoms with Gasteiger partial charge in [-0.25, -0.2) is 0 Å². The number of methoxy groups -OCH3 is 1. The van der Waals surface area contributed by atoms with E-state index in [4.69, 9.17) is 14.3 Å². The molecule has 0 aliphatic carbocycles. The van der Waals surface area contributed by atoms with Crippen LogP contribution in [0.1, 0.15) is 21.7 Å². The van der Waals surface area contributed by atoms with Crippen molar-refractivity contribution in [1.29, 1.82) is 0 Å². The number of ether oxygens (including phenoxy) is 1. The highest BCUT2D eigenvalue weighted by Gasteiger charge is 2.25. The number of carboxylic acid groups (broad SMARTS) is 1. The van der Waals surface area contributed by atoms with Crippen molar-refractivity contribution < 1.29 is 23.8 Å². The Morgan fingerprint density at radius 3 is 2.64 bits per heavy atom. The van der Waals surface area contributed by atoms with Crippen LogP contribution in [0, 0.1) is 13.8 Å². The van der Waals surface area contributed by atoms with E-state index < -0.39 is 18.4 Å². The molecular weight excluding hydrogens is 286 g/mol. The van der Waals surface area contributed by atoms with Gasteiger partial charge >= 0.3 is 5.97 Å². The minimum atomic E-state index is -1.07. The van der Waals surface area contributed by atoms with Crippen molar-refractivity contribution >= 4 is 22.8 Å². The van der Waals surface area contributed by atoms with Crippen molar-refractivity contribution in [2.75, 3.05) is 26.8 Å². The molecule has 0 spiro atoms. The molecule has 2 rings (SSSR count). The summed E-state index contributed by atoms with van der Waals surface area (Å²) in [5.41, 5.74) is 2.31. The summed E-state index contributed by atoms with van der Waals surface area (Å²) >= 11 is 0. The largest absolute Gasteiger partial charge is 0.480 e. The quantitative estimate of drug-likeness (QED) is 0.885. The van der Waals surface area contributed by atoms with Crippen molar-refractivity contribution in [1.82, 2.24) is 4.90 Å². The molecular formula is C16H19NO5. The van der Waals surface area contributed by atoms with Gasteiger partial charge in [-0.1, -0.05) is 18.2 Å². The molecule has 0 bridgehead atoms. The van der Waals surface area contributed by atoms with Gasteiger partial charge in [-0.15, -0.1) is 0 Å². The van der Waals surface area contributed by atoms with Gasteiger partial charge in [0.05, 0.1) is 6.61 Å². The van der Waals surface area contributed by atoms with E-state index in [-0.39, 0.29) is 18.9 Å². The Kier molecular flexibility index (Phi) is 4.82. The van der Waals surface area contributed by atoms with Gasteiger partial charge in [-0.05, 0) is 19.4 Å². The molecule has 0 atom stereocenters. The molecule has 0 saturated carbocycles. The van der Waals surface area contributed by atoms with Crippen LogP contribution in [0.3, 0.4) is 0 Å². The number of benzene rings is 1. The van der Waals surface area contributed by atoms with E-state index in [1.54, 1.807) is 6.92 Å². The average molecular weight is 305 g/mol. The van der Waals surface area contributed by atoms with Gasteiger partial charge in [0.25, 0.3) is 5.91 Å². The maximum Gasteiger partial charge on any atom is 0.323 e. The third-order valence-electron chi connectivity index (χ3n) is 3.53. The summed E-state index contributed by atoms with van der Waals surface area (Å²) in [6.45, 7) is 3.76. The minimum absolute atomic E-state index is 0.182. The van der Waals surface area contributed by atoms with E-state index in [0.717, 1.165) is 16.5 Å². The number of amides is 1. The zero-order chi connectivity index (χ0) is 16.3. The molecule has 0 radical (unpaired) electrons. The maximum absolute atomic E-state index is 12.6. The molecule has 0 aliphatic rings. The monoisotopic (exact) mass is 305 g/mol. The highest BCUT2D eigenvalue weighted by atomic mass is 16.5. The number of para-hydroxylation sites is 1. The number of nitrogens with zero attached hydrogens (tertiary/aromatic N) is 1. The number of hydrogen-bond acceptors (Lipinski definition) is 4.